The van der Waals surface area contributed by atoms with E-state index in [0.717, 1.165) is 6.42 Å². The molecule has 1 aliphatic rings. The van der Waals surface area contributed by atoms with Gasteiger partial charge < -0.3 is 0 Å². The van der Waals surface area contributed by atoms with Crippen molar-refractivity contribution in [2.75, 3.05) is 19.1 Å². The number of para-hydroxylation sites is 1. The van der Waals surface area contributed by atoms with Gasteiger partial charge in [0, 0.05) is 20.3 Å². The maximum absolute atomic E-state index is 2.18. The molecule has 0 aliphatic carbocycles. The molecule has 13 heavy (non-hydrogen) atoms. The van der Waals surface area contributed by atoms with Crippen LogP contribution in [0.2, 0.25) is 0 Å². The van der Waals surface area contributed by atoms with Crippen LogP contribution in [-0.4, -0.2) is 19.1 Å². The molecule has 68 valence electrons. The Kier molecular flexibility index (Phi) is 2.07. The van der Waals surface area contributed by atoms with Gasteiger partial charge in [0.25, 0.3) is 0 Å². The Bertz CT molecular complexity index is 329. The van der Waals surface area contributed by atoms with E-state index in [1.807, 2.05) is 14.1 Å². The Labute approximate surface area is 79.1 Å². The molecule has 0 bridgehead atoms. The highest BCUT2D eigenvalue weighted by atomic mass is 15.6. The van der Waals surface area contributed by atoms with Gasteiger partial charge in [-0.2, -0.15) is 0 Å². The predicted molar refractivity (Wildman–Crippen MR) is 55.5 cm³/mol. The second-order valence-corrected chi connectivity index (χ2v) is 3.41. The van der Waals surface area contributed by atoms with Gasteiger partial charge in [0.2, 0.25) is 0 Å². The van der Waals surface area contributed by atoms with Gasteiger partial charge in [-0.1, -0.05) is 24.3 Å². The fourth-order valence-electron chi connectivity index (χ4n) is 1.62. The highest BCUT2D eigenvalue weighted by Crippen LogP contribution is 2.25. The molecular weight excluding hydrogens is 160 g/mol. The zero-order chi connectivity index (χ0) is 9.26. The zero-order valence-electron chi connectivity index (χ0n) is 8.07. The summed E-state index contributed by atoms with van der Waals surface area (Å²) in [4.78, 5) is 0. The third-order valence-electron chi connectivity index (χ3n) is 2.25. The van der Waals surface area contributed by atoms with E-state index in [1.165, 1.54) is 11.3 Å². The standard InChI is InChI=1S/C11H14N2/c1-12(2)13-9-5-7-10-6-3-4-8-11(10)13/h3-6,8-9H,7H2,1-2H3. The van der Waals surface area contributed by atoms with E-state index >= 15 is 0 Å². The first-order chi connectivity index (χ1) is 6.29. The summed E-state index contributed by atoms with van der Waals surface area (Å²) < 4.78 is 0. The first-order valence-corrected chi connectivity index (χ1v) is 4.50. The first-order valence-electron chi connectivity index (χ1n) is 4.50. The molecule has 0 atom stereocenters. The zero-order valence-corrected chi connectivity index (χ0v) is 8.07. The van der Waals surface area contributed by atoms with Crippen LogP contribution in [-0.2, 0) is 6.42 Å². The van der Waals surface area contributed by atoms with E-state index in [-0.39, 0.29) is 0 Å². The molecule has 1 aromatic rings. The molecule has 0 unspecified atom stereocenters. The molecule has 2 heteroatoms. The van der Waals surface area contributed by atoms with Gasteiger partial charge in [-0.25, -0.2) is 5.01 Å². The summed E-state index contributed by atoms with van der Waals surface area (Å²) in [6.07, 6.45) is 5.34. The second-order valence-electron chi connectivity index (χ2n) is 3.41. The number of anilines is 1. The third-order valence-corrected chi connectivity index (χ3v) is 2.25. The summed E-state index contributed by atoms with van der Waals surface area (Å²) in [5, 5.41) is 4.23. The number of nitrogens with zero attached hydrogens (tertiary/aromatic N) is 2. The molecular formula is C11H14N2. The van der Waals surface area contributed by atoms with E-state index in [0.29, 0.717) is 0 Å². The van der Waals surface area contributed by atoms with Crippen LogP contribution in [0.3, 0.4) is 0 Å². The van der Waals surface area contributed by atoms with Crippen LogP contribution in [0.15, 0.2) is 36.5 Å². The molecule has 2 rings (SSSR count). The molecule has 0 N–H and O–H groups in total. The minimum Gasteiger partial charge on any atom is -0.282 e. The molecule has 1 heterocycles. The number of benzene rings is 1. The molecule has 0 amide bonds. The number of hydrogen-bond donors (Lipinski definition) is 0. The Balaban J connectivity index is 2.42. The van der Waals surface area contributed by atoms with Gasteiger partial charge in [0.05, 0.1) is 5.69 Å². The van der Waals surface area contributed by atoms with Crippen LogP contribution in [0, 0.1) is 0 Å². The highest BCUT2D eigenvalue weighted by Gasteiger charge is 2.12. The smallest absolute Gasteiger partial charge is 0.0608 e. The van der Waals surface area contributed by atoms with Crippen molar-refractivity contribution in [1.29, 1.82) is 0 Å². The molecule has 0 spiro atoms. The third kappa shape index (κ3) is 1.45. The van der Waals surface area contributed by atoms with E-state index in [4.69, 9.17) is 0 Å². The van der Waals surface area contributed by atoms with Gasteiger partial charge in [-0.05, 0) is 18.1 Å². The number of hydrogen-bond acceptors (Lipinski definition) is 2. The lowest BCUT2D eigenvalue weighted by Crippen LogP contribution is -2.34. The number of fused-ring (bicyclic) bond motifs is 1. The van der Waals surface area contributed by atoms with Crippen LogP contribution in [0.25, 0.3) is 0 Å². The van der Waals surface area contributed by atoms with Gasteiger partial charge >= 0.3 is 0 Å². The Morgan fingerprint density at radius 3 is 2.77 bits per heavy atom. The maximum atomic E-state index is 2.18. The van der Waals surface area contributed by atoms with Crippen LogP contribution in [0.1, 0.15) is 5.56 Å². The maximum Gasteiger partial charge on any atom is 0.0608 e. The summed E-state index contributed by atoms with van der Waals surface area (Å²) in [6.45, 7) is 0. The minimum absolute atomic E-state index is 1.04. The molecule has 1 aliphatic heterocycles. The van der Waals surface area contributed by atoms with Crippen molar-refractivity contribution in [1.82, 2.24) is 5.01 Å². The van der Waals surface area contributed by atoms with Gasteiger partial charge in [0.1, 0.15) is 0 Å². The topological polar surface area (TPSA) is 6.48 Å². The van der Waals surface area contributed by atoms with Gasteiger partial charge in [-0.3, -0.25) is 5.01 Å². The van der Waals surface area contributed by atoms with E-state index < -0.39 is 0 Å². The largest absolute Gasteiger partial charge is 0.282 e. The monoisotopic (exact) mass is 174 g/mol. The SMILES string of the molecule is CN(C)N1C=CCc2ccccc21. The van der Waals surface area contributed by atoms with Crippen molar-refractivity contribution in [3.05, 3.63) is 42.1 Å². The number of allylic oxidation sites excluding steroid dienone is 1. The van der Waals surface area contributed by atoms with Crippen molar-refractivity contribution in [2.24, 2.45) is 0 Å². The van der Waals surface area contributed by atoms with Crippen molar-refractivity contribution < 1.29 is 0 Å². The molecule has 0 aromatic heterocycles. The van der Waals surface area contributed by atoms with Gasteiger partial charge in [0.15, 0.2) is 0 Å². The average Bonchev–Trinajstić information content (AvgIpc) is 2.17. The first kappa shape index (κ1) is 8.32. The number of hydrazine groups is 1. The van der Waals surface area contributed by atoms with Crippen molar-refractivity contribution >= 4 is 5.69 Å². The van der Waals surface area contributed by atoms with Crippen molar-refractivity contribution in [2.45, 2.75) is 6.42 Å². The van der Waals surface area contributed by atoms with Crippen LogP contribution in [0.5, 0.6) is 0 Å². The quantitative estimate of drug-likeness (QED) is 0.643. The van der Waals surface area contributed by atoms with E-state index in [1.54, 1.807) is 0 Å². The molecule has 2 nitrogen and oxygen atoms in total. The molecule has 0 saturated carbocycles. The fraction of sp³-hybridized carbons (Fsp3) is 0.273. The summed E-state index contributed by atoms with van der Waals surface area (Å²) in [5.41, 5.74) is 2.67. The Hall–Kier alpha value is -1.28. The summed E-state index contributed by atoms with van der Waals surface area (Å²) in [5.74, 6) is 0. The van der Waals surface area contributed by atoms with Crippen LogP contribution >= 0.6 is 0 Å². The second kappa shape index (κ2) is 3.23. The van der Waals surface area contributed by atoms with Crippen molar-refractivity contribution in [3.63, 3.8) is 0 Å². The van der Waals surface area contributed by atoms with E-state index in [2.05, 4.69) is 46.6 Å². The van der Waals surface area contributed by atoms with Crippen molar-refractivity contribution in [3.8, 4) is 0 Å². The van der Waals surface area contributed by atoms with Gasteiger partial charge in [-0.15, -0.1) is 0 Å². The normalized spacial score (nSPS) is 14.8. The number of rotatable bonds is 1. The molecule has 0 radical (unpaired) electrons. The van der Waals surface area contributed by atoms with Crippen LogP contribution in [0.4, 0.5) is 5.69 Å². The van der Waals surface area contributed by atoms with E-state index in [9.17, 15) is 0 Å². The summed E-state index contributed by atoms with van der Waals surface area (Å²) >= 11 is 0. The summed E-state index contributed by atoms with van der Waals surface area (Å²) in [6, 6.07) is 8.49. The lowest BCUT2D eigenvalue weighted by Gasteiger charge is -2.31. The minimum atomic E-state index is 1.04. The van der Waals surface area contributed by atoms with Crippen LogP contribution < -0.4 is 5.01 Å². The highest BCUT2D eigenvalue weighted by molar-refractivity contribution is 5.57. The molecule has 0 saturated heterocycles. The molecule has 1 aromatic carbocycles. The lowest BCUT2D eigenvalue weighted by atomic mass is 10.1. The Morgan fingerprint density at radius 2 is 2.00 bits per heavy atom. The Morgan fingerprint density at radius 1 is 1.23 bits per heavy atom. The summed E-state index contributed by atoms with van der Waals surface area (Å²) in [7, 11) is 4.10. The lowest BCUT2D eigenvalue weighted by molar-refractivity contribution is 0.410. The molecule has 0 fully saturated rings. The fourth-order valence-corrected chi connectivity index (χ4v) is 1.62. The predicted octanol–water partition coefficient (Wildman–Crippen LogP) is 2.04. The average molecular weight is 174 g/mol.